The quantitative estimate of drug-likeness (QED) is 0.775. The SMILES string of the molecule is CC(C)(C)C(CN(C(=O)CBr)C(C)(C)C)NC(=O)O. The van der Waals surface area contributed by atoms with Gasteiger partial charge < -0.3 is 15.3 Å². The first-order valence-electron chi connectivity index (χ1n) is 6.25. The van der Waals surface area contributed by atoms with E-state index in [-0.39, 0.29) is 28.2 Å². The maximum Gasteiger partial charge on any atom is 0.404 e. The van der Waals surface area contributed by atoms with E-state index in [1.54, 1.807) is 4.90 Å². The molecule has 0 aromatic carbocycles. The predicted molar refractivity (Wildman–Crippen MR) is 79.7 cm³/mol. The lowest BCUT2D eigenvalue weighted by Crippen LogP contribution is -2.56. The number of amides is 2. The van der Waals surface area contributed by atoms with Crippen LogP contribution in [0.25, 0.3) is 0 Å². The smallest absolute Gasteiger partial charge is 0.404 e. The van der Waals surface area contributed by atoms with Gasteiger partial charge in [0.25, 0.3) is 0 Å². The molecule has 0 aliphatic rings. The number of alkyl halides is 1. The van der Waals surface area contributed by atoms with Crippen LogP contribution in [0.5, 0.6) is 0 Å². The highest BCUT2D eigenvalue weighted by Crippen LogP contribution is 2.23. The monoisotopic (exact) mass is 336 g/mol. The van der Waals surface area contributed by atoms with Gasteiger partial charge in [-0.15, -0.1) is 0 Å². The highest BCUT2D eigenvalue weighted by Gasteiger charge is 2.34. The molecular formula is C13H25BrN2O3. The summed E-state index contributed by atoms with van der Waals surface area (Å²) in [6.45, 7) is 12.0. The Morgan fingerprint density at radius 3 is 1.95 bits per heavy atom. The van der Waals surface area contributed by atoms with Gasteiger partial charge in [-0.3, -0.25) is 4.79 Å². The molecule has 2 N–H and O–H groups in total. The number of carbonyl (C=O) groups is 2. The summed E-state index contributed by atoms with van der Waals surface area (Å²) >= 11 is 3.17. The van der Waals surface area contributed by atoms with Crippen LogP contribution in [0.3, 0.4) is 0 Å². The van der Waals surface area contributed by atoms with E-state index in [0.717, 1.165) is 0 Å². The van der Waals surface area contributed by atoms with Gasteiger partial charge in [0.05, 0.1) is 11.4 Å². The Kier molecular flexibility index (Phi) is 6.32. The van der Waals surface area contributed by atoms with Crippen LogP contribution < -0.4 is 5.32 Å². The zero-order valence-electron chi connectivity index (χ0n) is 12.6. The first-order valence-corrected chi connectivity index (χ1v) is 7.37. The highest BCUT2D eigenvalue weighted by molar-refractivity contribution is 9.09. The molecule has 1 unspecified atom stereocenters. The number of nitrogens with zero attached hydrogens (tertiary/aromatic N) is 1. The van der Waals surface area contributed by atoms with Gasteiger partial charge in [-0.25, -0.2) is 4.79 Å². The van der Waals surface area contributed by atoms with Gasteiger partial charge in [0.1, 0.15) is 0 Å². The summed E-state index contributed by atoms with van der Waals surface area (Å²) in [5, 5.41) is 11.7. The minimum absolute atomic E-state index is 0.0473. The summed E-state index contributed by atoms with van der Waals surface area (Å²) in [4.78, 5) is 24.6. The average Bonchev–Trinajstić information content (AvgIpc) is 2.19. The molecule has 0 spiro atoms. The van der Waals surface area contributed by atoms with Crippen molar-refractivity contribution in [3.8, 4) is 0 Å². The first-order chi connectivity index (χ1) is 8.39. The first kappa shape index (κ1) is 18.2. The Morgan fingerprint density at radius 1 is 1.21 bits per heavy atom. The molecule has 0 radical (unpaired) electrons. The van der Waals surface area contributed by atoms with Crippen molar-refractivity contribution in [3.05, 3.63) is 0 Å². The van der Waals surface area contributed by atoms with E-state index in [1.165, 1.54) is 0 Å². The summed E-state index contributed by atoms with van der Waals surface area (Å²) in [7, 11) is 0. The van der Waals surface area contributed by atoms with Crippen molar-refractivity contribution in [2.45, 2.75) is 53.1 Å². The fourth-order valence-electron chi connectivity index (χ4n) is 1.69. The zero-order chi connectivity index (χ0) is 15.4. The summed E-state index contributed by atoms with van der Waals surface area (Å²) in [6, 6.07) is -0.327. The third-order valence-corrected chi connectivity index (χ3v) is 3.41. The molecule has 0 aliphatic heterocycles. The van der Waals surface area contributed by atoms with E-state index in [1.807, 2.05) is 41.5 Å². The number of rotatable bonds is 4. The summed E-state index contributed by atoms with van der Waals surface area (Å²) in [6.07, 6.45) is -1.07. The van der Waals surface area contributed by atoms with Gasteiger partial charge in [-0.05, 0) is 26.2 Å². The van der Waals surface area contributed by atoms with E-state index in [4.69, 9.17) is 5.11 Å². The second-order valence-corrected chi connectivity index (χ2v) is 7.24. The fraction of sp³-hybridized carbons (Fsp3) is 0.846. The van der Waals surface area contributed by atoms with Crippen LogP contribution in [-0.4, -0.2) is 45.5 Å². The molecule has 0 bridgehead atoms. The summed E-state index contributed by atoms with van der Waals surface area (Å²) < 4.78 is 0. The Morgan fingerprint density at radius 2 is 1.68 bits per heavy atom. The average molecular weight is 337 g/mol. The lowest BCUT2D eigenvalue weighted by molar-refractivity contribution is -0.133. The number of halogens is 1. The standard InChI is InChI=1S/C13H25BrN2O3/c1-12(2,3)9(15-11(18)19)8-16(10(17)7-14)13(4,5)6/h9,15H,7-8H2,1-6H3,(H,18,19). The maximum atomic E-state index is 12.0. The van der Waals surface area contributed by atoms with E-state index in [9.17, 15) is 9.59 Å². The Hall–Kier alpha value is -0.780. The van der Waals surface area contributed by atoms with E-state index >= 15 is 0 Å². The topological polar surface area (TPSA) is 69.6 Å². The molecule has 0 rings (SSSR count). The highest BCUT2D eigenvalue weighted by atomic mass is 79.9. The molecule has 2 amide bonds. The van der Waals surface area contributed by atoms with Crippen molar-refractivity contribution in [3.63, 3.8) is 0 Å². The number of hydrogen-bond donors (Lipinski definition) is 2. The molecular weight excluding hydrogens is 312 g/mol. The third-order valence-electron chi connectivity index (χ3n) is 2.93. The maximum absolute atomic E-state index is 12.0. The second-order valence-electron chi connectivity index (χ2n) is 6.68. The molecule has 6 heteroatoms. The number of carboxylic acid groups (broad SMARTS) is 1. The molecule has 0 heterocycles. The van der Waals surface area contributed by atoms with Crippen LogP contribution in [0.2, 0.25) is 0 Å². The van der Waals surface area contributed by atoms with E-state index in [0.29, 0.717) is 6.54 Å². The van der Waals surface area contributed by atoms with E-state index < -0.39 is 6.09 Å². The second kappa shape index (κ2) is 6.59. The minimum Gasteiger partial charge on any atom is -0.465 e. The molecule has 1 atom stereocenters. The van der Waals surface area contributed by atoms with Crippen molar-refractivity contribution in [2.24, 2.45) is 5.41 Å². The minimum atomic E-state index is -1.07. The molecule has 0 fully saturated rings. The molecule has 0 aromatic heterocycles. The van der Waals surface area contributed by atoms with Crippen molar-refractivity contribution >= 4 is 27.9 Å². The molecule has 19 heavy (non-hydrogen) atoms. The van der Waals surface area contributed by atoms with Gasteiger partial charge in [-0.2, -0.15) is 0 Å². The van der Waals surface area contributed by atoms with Gasteiger partial charge in [-0.1, -0.05) is 36.7 Å². The Labute approximate surface area is 123 Å². The normalized spacial score (nSPS) is 13.8. The van der Waals surface area contributed by atoms with Crippen molar-refractivity contribution in [1.29, 1.82) is 0 Å². The Balaban J connectivity index is 5.15. The lowest BCUT2D eigenvalue weighted by atomic mass is 9.85. The number of hydrogen-bond acceptors (Lipinski definition) is 2. The molecule has 5 nitrogen and oxygen atoms in total. The Bertz CT molecular complexity index is 332. The van der Waals surface area contributed by atoms with Crippen LogP contribution in [0.1, 0.15) is 41.5 Å². The zero-order valence-corrected chi connectivity index (χ0v) is 14.2. The lowest BCUT2D eigenvalue weighted by Gasteiger charge is -2.41. The van der Waals surface area contributed by atoms with Crippen LogP contribution in [0.15, 0.2) is 0 Å². The van der Waals surface area contributed by atoms with Crippen molar-refractivity contribution < 1.29 is 14.7 Å². The number of carbonyl (C=O) groups excluding carboxylic acids is 1. The van der Waals surface area contributed by atoms with Gasteiger partial charge in [0.2, 0.25) is 5.91 Å². The van der Waals surface area contributed by atoms with Crippen molar-refractivity contribution in [2.75, 3.05) is 11.9 Å². The van der Waals surface area contributed by atoms with Gasteiger partial charge in [0, 0.05) is 12.1 Å². The molecule has 0 aliphatic carbocycles. The van der Waals surface area contributed by atoms with Gasteiger partial charge in [0.15, 0.2) is 0 Å². The molecule has 0 saturated carbocycles. The molecule has 0 aromatic rings. The summed E-state index contributed by atoms with van der Waals surface area (Å²) in [5.41, 5.74) is -0.622. The van der Waals surface area contributed by atoms with Crippen LogP contribution in [0, 0.1) is 5.41 Å². The van der Waals surface area contributed by atoms with Crippen LogP contribution in [-0.2, 0) is 4.79 Å². The largest absolute Gasteiger partial charge is 0.465 e. The van der Waals surface area contributed by atoms with Crippen molar-refractivity contribution in [1.82, 2.24) is 10.2 Å². The van der Waals surface area contributed by atoms with E-state index in [2.05, 4.69) is 21.2 Å². The predicted octanol–water partition coefficient (Wildman–Crippen LogP) is 2.69. The fourth-order valence-corrected chi connectivity index (χ4v) is 1.99. The summed E-state index contributed by atoms with van der Waals surface area (Å²) in [5.74, 6) is -0.0473. The molecule has 0 saturated heterocycles. The number of nitrogens with one attached hydrogen (secondary N) is 1. The van der Waals surface area contributed by atoms with Crippen LogP contribution in [0.4, 0.5) is 4.79 Å². The molecule has 112 valence electrons. The third kappa shape index (κ3) is 6.27. The van der Waals surface area contributed by atoms with Gasteiger partial charge >= 0.3 is 6.09 Å². The van der Waals surface area contributed by atoms with Crippen LogP contribution >= 0.6 is 15.9 Å².